The molecule has 0 aliphatic heterocycles. The second-order valence-corrected chi connectivity index (χ2v) is 5.13. The van der Waals surface area contributed by atoms with Crippen molar-refractivity contribution in [1.82, 2.24) is 0 Å². The van der Waals surface area contributed by atoms with E-state index in [1.807, 2.05) is 6.92 Å². The van der Waals surface area contributed by atoms with E-state index < -0.39 is 5.97 Å². The number of hydrogen-bond donors (Lipinski definition) is 0. The van der Waals surface area contributed by atoms with Crippen LogP contribution in [0.3, 0.4) is 0 Å². The highest BCUT2D eigenvalue weighted by Gasteiger charge is 2.16. The number of carbonyl (C=O) groups is 1. The van der Waals surface area contributed by atoms with Crippen LogP contribution in [-0.4, -0.2) is 5.97 Å². The standard InChI is InChI=1S/C15H11Cl2FO3/c1-2-9-3-4-13(15(19)21-18)14(5-9)20-12-7-10(16)6-11(17)8-12/h3-8H,2H2,1H3. The predicted octanol–water partition coefficient (Wildman–Crippen LogP) is 5.39. The van der Waals surface area contributed by atoms with Gasteiger partial charge >= 0.3 is 5.97 Å². The molecule has 0 aromatic heterocycles. The van der Waals surface area contributed by atoms with Gasteiger partial charge in [-0.15, -0.1) is 0 Å². The first-order chi connectivity index (χ1) is 10.0. The van der Waals surface area contributed by atoms with E-state index in [9.17, 15) is 9.32 Å². The molecule has 0 heterocycles. The van der Waals surface area contributed by atoms with Gasteiger partial charge in [0.25, 0.3) is 0 Å². The van der Waals surface area contributed by atoms with E-state index >= 15 is 0 Å². The van der Waals surface area contributed by atoms with Crippen LogP contribution < -0.4 is 4.74 Å². The maximum absolute atomic E-state index is 12.2. The molecule has 110 valence electrons. The fraction of sp³-hybridized carbons (Fsp3) is 0.133. The van der Waals surface area contributed by atoms with E-state index in [4.69, 9.17) is 27.9 Å². The molecule has 0 amide bonds. The van der Waals surface area contributed by atoms with Crippen LogP contribution in [-0.2, 0) is 11.4 Å². The van der Waals surface area contributed by atoms with Crippen molar-refractivity contribution in [3.8, 4) is 11.5 Å². The molecule has 2 rings (SSSR count). The van der Waals surface area contributed by atoms with E-state index in [0.29, 0.717) is 15.8 Å². The van der Waals surface area contributed by atoms with Gasteiger partial charge in [0, 0.05) is 14.6 Å². The lowest BCUT2D eigenvalue weighted by atomic mass is 10.1. The molecule has 0 unspecified atom stereocenters. The maximum atomic E-state index is 12.2. The van der Waals surface area contributed by atoms with Gasteiger partial charge in [0.15, 0.2) is 0 Å². The molecule has 6 heteroatoms. The smallest absolute Gasteiger partial charge is 0.383 e. The van der Waals surface area contributed by atoms with Gasteiger partial charge in [-0.05, 0) is 42.3 Å². The van der Waals surface area contributed by atoms with Gasteiger partial charge in [-0.25, -0.2) is 9.74 Å². The highest BCUT2D eigenvalue weighted by molar-refractivity contribution is 6.34. The molecule has 3 nitrogen and oxygen atoms in total. The highest BCUT2D eigenvalue weighted by Crippen LogP contribution is 2.31. The minimum atomic E-state index is -1.12. The van der Waals surface area contributed by atoms with Gasteiger partial charge < -0.3 is 4.74 Å². The van der Waals surface area contributed by atoms with Crippen molar-refractivity contribution in [3.63, 3.8) is 0 Å². The van der Waals surface area contributed by atoms with Crippen LogP contribution in [0.2, 0.25) is 10.0 Å². The first-order valence-electron chi connectivity index (χ1n) is 6.13. The fourth-order valence-electron chi connectivity index (χ4n) is 1.80. The Labute approximate surface area is 131 Å². The lowest BCUT2D eigenvalue weighted by Crippen LogP contribution is -2.02. The molecule has 0 saturated carbocycles. The molecule has 0 bridgehead atoms. The quantitative estimate of drug-likeness (QED) is 0.754. The predicted molar refractivity (Wildman–Crippen MR) is 78.9 cm³/mol. The zero-order valence-electron chi connectivity index (χ0n) is 11.0. The van der Waals surface area contributed by atoms with Crippen LogP contribution in [0.15, 0.2) is 36.4 Å². The number of benzene rings is 2. The molecule has 0 radical (unpaired) electrons. The van der Waals surface area contributed by atoms with Crippen LogP contribution >= 0.6 is 23.2 Å². The van der Waals surface area contributed by atoms with E-state index in [2.05, 4.69) is 4.94 Å². The van der Waals surface area contributed by atoms with Crippen LogP contribution in [0, 0.1) is 0 Å². The zero-order valence-corrected chi connectivity index (χ0v) is 12.5. The summed E-state index contributed by atoms with van der Waals surface area (Å²) in [6.45, 7) is 1.95. The molecule has 2 aromatic rings. The van der Waals surface area contributed by atoms with E-state index in [0.717, 1.165) is 12.0 Å². The molecule has 0 N–H and O–H groups in total. The molecule has 2 aromatic carbocycles. The first kappa shape index (κ1) is 15.6. The van der Waals surface area contributed by atoms with Crippen LogP contribution in [0.5, 0.6) is 11.5 Å². The summed E-state index contributed by atoms with van der Waals surface area (Å²) >= 11 is 11.8. The van der Waals surface area contributed by atoms with Crippen molar-refractivity contribution >= 4 is 29.2 Å². The Balaban J connectivity index is 2.43. The molecular formula is C15H11Cl2FO3. The molecule has 0 spiro atoms. The van der Waals surface area contributed by atoms with Crippen LogP contribution in [0.4, 0.5) is 4.53 Å². The lowest BCUT2D eigenvalue weighted by Gasteiger charge is -2.11. The summed E-state index contributed by atoms with van der Waals surface area (Å²) in [7, 11) is 0. The molecule has 0 fully saturated rings. The summed E-state index contributed by atoms with van der Waals surface area (Å²) in [5.41, 5.74) is 0.902. The van der Waals surface area contributed by atoms with Gasteiger partial charge in [-0.3, -0.25) is 0 Å². The van der Waals surface area contributed by atoms with Gasteiger partial charge in [-0.2, -0.15) is 0 Å². The normalized spacial score (nSPS) is 10.3. The Bertz CT molecular complexity index is 654. The number of aryl methyl sites for hydroxylation is 1. The average molecular weight is 329 g/mol. The topological polar surface area (TPSA) is 35.5 Å². The second kappa shape index (κ2) is 6.78. The van der Waals surface area contributed by atoms with Gasteiger partial charge in [-0.1, -0.05) is 36.2 Å². The average Bonchev–Trinajstić information content (AvgIpc) is 2.45. The second-order valence-electron chi connectivity index (χ2n) is 4.26. The number of halogens is 3. The fourth-order valence-corrected chi connectivity index (χ4v) is 2.30. The van der Waals surface area contributed by atoms with Crippen LogP contribution in [0.25, 0.3) is 0 Å². The number of carbonyl (C=O) groups excluding carboxylic acids is 1. The summed E-state index contributed by atoms with van der Waals surface area (Å²) in [6, 6.07) is 9.41. The van der Waals surface area contributed by atoms with Gasteiger partial charge in [0.1, 0.15) is 17.1 Å². The van der Waals surface area contributed by atoms with E-state index in [1.165, 1.54) is 18.2 Å². The summed E-state index contributed by atoms with van der Waals surface area (Å²) in [5, 5.41) is 0.775. The molecule has 0 saturated heterocycles. The molecule has 0 atom stereocenters. The highest BCUT2D eigenvalue weighted by atomic mass is 35.5. The lowest BCUT2D eigenvalue weighted by molar-refractivity contribution is -0.0789. The third-order valence-corrected chi connectivity index (χ3v) is 3.24. The largest absolute Gasteiger partial charge is 0.456 e. The Kier molecular flexibility index (Phi) is 5.04. The van der Waals surface area contributed by atoms with Gasteiger partial charge in [0.05, 0.1) is 0 Å². The minimum Gasteiger partial charge on any atom is -0.456 e. The first-order valence-corrected chi connectivity index (χ1v) is 6.89. The van der Waals surface area contributed by atoms with Crippen LogP contribution in [0.1, 0.15) is 22.8 Å². The Morgan fingerprint density at radius 1 is 1.14 bits per heavy atom. The number of hydrogen-bond acceptors (Lipinski definition) is 3. The van der Waals surface area contributed by atoms with Crippen molar-refractivity contribution in [3.05, 3.63) is 57.6 Å². The molecule has 0 aliphatic carbocycles. The third-order valence-electron chi connectivity index (χ3n) is 2.81. The Hall–Kier alpha value is -1.78. The van der Waals surface area contributed by atoms with E-state index in [1.54, 1.807) is 18.2 Å². The Morgan fingerprint density at radius 3 is 2.38 bits per heavy atom. The Morgan fingerprint density at radius 2 is 1.81 bits per heavy atom. The summed E-state index contributed by atoms with van der Waals surface area (Å²) < 4.78 is 17.8. The van der Waals surface area contributed by atoms with Crippen molar-refractivity contribution in [2.45, 2.75) is 13.3 Å². The molecular weight excluding hydrogens is 318 g/mol. The van der Waals surface area contributed by atoms with Crippen molar-refractivity contribution in [2.75, 3.05) is 0 Å². The van der Waals surface area contributed by atoms with Crippen molar-refractivity contribution in [1.29, 1.82) is 0 Å². The minimum absolute atomic E-state index is 0.0224. The zero-order chi connectivity index (χ0) is 15.4. The summed E-state index contributed by atoms with van der Waals surface area (Å²) in [4.78, 5) is 14.7. The van der Waals surface area contributed by atoms with Gasteiger partial charge in [0.2, 0.25) is 0 Å². The third kappa shape index (κ3) is 3.86. The van der Waals surface area contributed by atoms with E-state index in [-0.39, 0.29) is 11.3 Å². The number of rotatable bonds is 4. The maximum Gasteiger partial charge on any atom is 0.383 e. The summed E-state index contributed by atoms with van der Waals surface area (Å²) in [6.07, 6.45) is 0.734. The molecule has 21 heavy (non-hydrogen) atoms. The summed E-state index contributed by atoms with van der Waals surface area (Å²) in [5.74, 6) is -0.607. The van der Waals surface area contributed by atoms with Crippen molar-refractivity contribution < 1.29 is 19.0 Å². The molecule has 0 aliphatic rings. The SMILES string of the molecule is CCc1ccc(C(=O)OF)c(Oc2cc(Cl)cc(Cl)c2)c1. The monoisotopic (exact) mass is 328 g/mol. The number of ether oxygens (including phenoxy) is 1. The van der Waals surface area contributed by atoms with Crippen molar-refractivity contribution in [2.24, 2.45) is 0 Å².